The number of rotatable bonds is 5. The molecule has 0 saturated carbocycles. The van der Waals surface area contributed by atoms with Crippen LogP contribution >= 0.6 is 0 Å². The van der Waals surface area contributed by atoms with Crippen molar-refractivity contribution in [3.63, 3.8) is 0 Å². The van der Waals surface area contributed by atoms with Crippen molar-refractivity contribution in [3.05, 3.63) is 72.2 Å². The largest absolute Gasteiger partial charge is 0.383 e. The van der Waals surface area contributed by atoms with E-state index >= 15 is 0 Å². The molecule has 4 aromatic rings. The lowest BCUT2D eigenvalue weighted by atomic mass is 10.2. The van der Waals surface area contributed by atoms with Crippen LogP contribution in [0.25, 0.3) is 10.9 Å². The van der Waals surface area contributed by atoms with Crippen LogP contribution in [-0.2, 0) is 6.54 Å². The van der Waals surface area contributed by atoms with Crippen LogP contribution in [0.4, 0.5) is 17.3 Å². The number of anilines is 3. The SMILES string of the molecule is Nc1ncnc(Nc2ccc3nn(Cc4ccccc4)cc3c2)c1C=O. The molecule has 2 heterocycles. The van der Waals surface area contributed by atoms with Gasteiger partial charge in [0.1, 0.15) is 18.0 Å². The first-order valence-corrected chi connectivity index (χ1v) is 8.07. The van der Waals surface area contributed by atoms with Gasteiger partial charge < -0.3 is 11.1 Å². The molecule has 0 aliphatic heterocycles. The Morgan fingerprint density at radius 1 is 1.12 bits per heavy atom. The molecular weight excluding hydrogens is 328 g/mol. The maximum Gasteiger partial charge on any atom is 0.157 e. The quantitative estimate of drug-likeness (QED) is 0.540. The molecule has 0 amide bonds. The molecule has 0 bridgehead atoms. The van der Waals surface area contributed by atoms with Gasteiger partial charge in [-0.15, -0.1) is 0 Å². The molecule has 2 aromatic carbocycles. The van der Waals surface area contributed by atoms with E-state index in [9.17, 15) is 4.79 Å². The van der Waals surface area contributed by atoms with Gasteiger partial charge in [-0.3, -0.25) is 9.48 Å². The molecule has 3 N–H and O–H groups in total. The number of fused-ring (bicyclic) bond motifs is 1. The summed E-state index contributed by atoms with van der Waals surface area (Å²) in [6.07, 6.45) is 3.96. The zero-order chi connectivity index (χ0) is 17.9. The zero-order valence-electron chi connectivity index (χ0n) is 13.8. The third-order valence-corrected chi connectivity index (χ3v) is 4.03. The van der Waals surface area contributed by atoms with Crippen LogP contribution in [0.1, 0.15) is 15.9 Å². The Morgan fingerprint density at radius 3 is 2.77 bits per heavy atom. The maximum atomic E-state index is 11.2. The molecule has 0 radical (unpaired) electrons. The van der Waals surface area contributed by atoms with Crippen molar-refractivity contribution in [1.29, 1.82) is 0 Å². The first kappa shape index (κ1) is 15.8. The molecule has 7 heteroatoms. The van der Waals surface area contributed by atoms with Crippen molar-refractivity contribution in [1.82, 2.24) is 19.7 Å². The molecule has 128 valence electrons. The lowest BCUT2D eigenvalue weighted by molar-refractivity contribution is 0.112. The number of benzene rings is 2. The predicted octanol–water partition coefficient (Wildman–Crippen LogP) is 3.01. The Balaban J connectivity index is 1.62. The molecule has 7 nitrogen and oxygen atoms in total. The summed E-state index contributed by atoms with van der Waals surface area (Å²) in [6, 6.07) is 15.9. The van der Waals surface area contributed by atoms with Crippen LogP contribution in [0.15, 0.2) is 61.1 Å². The van der Waals surface area contributed by atoms with Crippen molar-refractivity contribution in [3.8, 4) is 0 Å². The van der Waals surface area contributed by atoms with Crippen molar-refractivity contribution in [2.45, 2.75) is 6.54 Å². The second-order valence-corrected chi connectivity index (χ2v) is 5.85. The number of nitrogens with two attached hydrogens (primary N) is 1. The summed E-state index contributed by atoms with van der Waals surface area (Å²) in [5.41, 5.74) is 8.83. The molecule has 0 fully saturated rings. The Kier molecular flexibility index (Phi) is 4.03. The van der Waals surface area contributed by atoms with E-state index in [-0.39, 0.29) is 11.4 Å². The number of carbonyl (C=O) groups is 1. The topological polar surface area (TPSA) is 98.7 Å². The van der Waals surface area contributed by atoms with E-state index in [0.717, 1.165) is 16.6 Å². The summed E-state index contributed by atoms with van der Waals surface area (Å²) < 4.78 is 1.91. The van der Waals surface area contributed by atoms with Crippen molar-refractivity contribution < 1.29 is 4.79 Å². The third-order valence-electron chi connectivity index (χ3n) is 4.03. The van der Waals surface area contributed by atoms with E-state index in [1.54, 1.807) is 0 Å². The fourth-order valence-corrected chi connectivity index (χ4v) is 2.77. The van der Waals surface area contributed by atoms with Crippen molar-refractivity contribution >= 4 is 34.5 Å². The molecule has 4 rings (SSSR count). The van der Waals surface area contributed by atoms with Gasteiger partial charge in [0.15, 0.2) is 6.29 Å². The minimum absolute atomic E-state index is 0.147. The highest BCUT2D eigenvalue weighted by Gasteiger charge is 2.09. The molecule has 26 heavy (non-hydrogen) atoms. The van der Waals surface area contributed by atoms with Crippen LogP contribution in [0, 0.1) is 0 Å². The monoisotopic (exact) mass is 344 g/mol. The fraction of sp³-hybridized carbons (Fsp3) is 0.0526. The first-order valence-electron chi connectivity index (χ1n) is 8.07. The number of aldehydes is 1. The average Bonchev–Trinajstić information content (AvgIpc) is 3.04. The summed E-state index contributed by atoms with van der Waals surface area (Å²) in [4.78, 5) is 19.1. The summed E-state index contributed by atoms with van der Waals surface area (Å²) in [5, 5.41) is 8.69. The smallest absolute Gasteiger partial charge is 0.157 e. The maximum absolute atomic E-state index is 11.2. The molecule has 0 aliphatic rings. The second kappa shape index (κ2) is 6.64. The number of nitrogens with zero attached hydrogens (tertiary/aromatic N) is 4. The normalized spacial score (nSPS) is 10.8. The number of nitrogens with one attached hydrogen (secondary N) is 1. The summed E-state index contributed by atoms with van der Waals surface area (Å²) in [7, 11) is 0. The standard InChI is InChI=1S/C19H16N6O/c20-18-16(11-26)19(22-12-21-18)23-15-6-7-17-14(8-15)10-25(24-17)9-13-4-2-1-3-5-13/h1-8,10-12H,9H2,(H3,20,21,22,23). The third kappa shape index (κ3) is 3.10. The molecule has 0 unspecified atom stereocenters. The van der Waals surface area contributed by atoms with E-state index in [1.807, 2.05) is 47.3 Å². The van der Waals surface area contributed by atoms with Gasteiger partial charge in [0.25, 0.3) is 0 Å². The molecule has 0 spiro atoms. The molecular formula is C19H16N6O. The Morgan fingerprint density at radius 2 is 1.96 bits per heavy atom. The molecule has 0 aliphatic carbocycles. The lowest BCUT2D eigenvalue weighted by Gasteiger charge is -2.08. The molecule has 0 saturated heterocycles. The Hall–Kier alpha value is -3.74. The van der Waals surface area contributed by atoms with Crippen LogP contribution < -0.4 is 11.1 Å². The Labute approximate surface area is 149 Å². The molecule has 2 aromatic heterocycles. The van der Waals surface area contributed by atoms with Crippen LogP contribution in [0.5, 0.6) is 0 Å². The van der Waals surface area contributed by atoms with E-state index in [0.29, 0.717) is 18.6 Å². The fourth-order valence-electron chi connectivity index (χ4n) is 2.77. The van der Waals surface area contributed by atoms with Gasteiger partial charge in [-0.1, -0.05) is 30.3 Å². The van der Waals surface area contributed by atoms with E-state index < -0.39 is 0 Å². The summed E-state index contributed by atoms with van der Waals surface area (Å²) in [5.74, 6) is 0.526. The minimum Gasteiger partial charge on any atom is -0.383 e. The van der Waals surface area contributed by atoms with E-state index in [1.165, 1.54) is 11.9 Å². The van der Waals surface area contributed by atoms with E-state index in [4.69, 9.17) is 5.73 Å². The Bertz CT molecular complexity index is 1070. The molecule has 0 atom stereocenters. The van der Waals surface area contributed by atoms with Gasteiger partial charge in [0.05, 0.1) is 17.6 Å². The van der Waals surface area contributed by atoms with Crippen molar-refractivity contribution in [2.24, 2.45) is 0 Å². The zero-order valence-corrected chi connectivity index (χ0v) is 13.8. The average molecular weight is 344 g/mol. The number of hydrogen-bond acceptors (Lipinski definition) is 6. The van der Waals surface area contributed by atoms with Crippen LogP contribution in [-0.4, -0.2) is 26.0 Å². The summed E-state index contributed by atoms with van der Waals surface area (Å²) in [6.45, 7) is 0.704. The van der Waals surface area contributed by atoms with Gasteiger partial charge >= 0.3 is 0 Å². The highest BCUT2D eigenvalue weighted by atomic mass is 16.1. The highest BCUT2D eigenvalue weighted by Crippen LogP contribution is 2.23. The predicted molar refractivity (Wildman–Crippen MR) is 100 cm³/mol. The van der Waals surface area contributed by atoms with Gasteiger partial charge in [-0.05, 0) is 23.8 Å². The minimum atomic E-state index is 0.147. The van der Waals surface area contributed by atoms with Gasteiger partial charge in [0.2, 0.25) is 0 Å². The first-order chi connectivity index (χ1) is 12.7. The number of hydrogen-bond donors (Lipinski definition) is 2. The number of nitrogen functional groups attached to an aromatic ring is 1. The lowest BCUT2D eigenvalue weighted by Crippen LogP contribution is -2.04. The number of aromatic nitrogens is 4. The van der Waals surface area contributed by atoms with Gasteiger partial charge in [-0.25, -0.2) is 9.97 Å². The second-order valence-electron chi connectivity index (χ2n) is 5.85. The highest BCUT2D eigenvalue weighted by molar-refractivity contribution is 5.90. The van der Waals surface area contributed by atoms with Crippen molar-refractivity contribution in [2.75, 3.05) is 11.1 Å². The van der Waals surface area contributed by atoms with Crippen LogP contribution in [0.2, 0.25) is 0 Å². The van der Waals surface area contributed by atoms with Crippen LogP contribution in [0.3, 0.4) is 0 Å². The van der Waals surface area contributed by atoms with Gasteiger partial charge in [-0.2, -0.15) is 5.10 Å². The summed E-state index contributed by atoms with van der Waals surface area (Å²) >= 11 is 0. The van der Waals surface area contributed by atoms with E-state index in [2.05, 4.69) is 32.5 Å². The number of carbonyl (C=O) groups excluding carboxylic acids is 1. The van der Waals surface area contributed by atoms with Gasteiger partial charge in [0, 0.05) is 17.3 Å².